The second kappa shape index (κ2) is 7.17. The highest BCUT2D eigenvalue weighted by Crippen LogP contribution is 2.22. The monoisotopic (exact) mass is 334 g/mol. The molecule has 1 aromatic rings. The van der Waals surface area contributed by atoms with Crippen LogP contribution in [0.1, 0.15) is 60.7 Å². The molecule has 0 N–H and O–H groups in total. The van der Waals surface area contributed by atoms with Crippen molar-refractivity contribution in [1.82, 2.24) is 4.90 Å². The van der Waals surface area contributed by atoms with Crippen molar-refractivity contribution in [2.45, 2.75) is 44.8 Å². The Bertz CT molecular complexity index is 627. The van der Waals surface area contributed by atoms with Gasteiger partial charge >= 0.3 is 0 Å². The fraction of sp³-hybridized carbons (Fsp3) is 0.471. The summed E-state index contributed by atoms with van der Waals surface area (Å²) in [5, 5.41) is 0. The van der Waals surface area contributed by atoms with E-state index in [1.165, 1.54) is 4.90 Å². The minimum absolute atomic E-state index is 0.215. The molecule has 0 aromatic heterocycles. The number of nitrogens with zero attached hydrogens (tertiary/aromatic N) is 2. The van der Waals surface area contributed by atoms with Crippen LogP contribution in [-0.4, -0.2) is 38.4 Å². The van der Waals surface area contributed by atoms with Crippen LogP contribution in [0.4, 0.5) is 0 Å². The van der Waals surface area contributed by atoms with Gasteiger partial charge in [0.05, 0.1) is 15.9 Å². The number of imide groups is 1. The van der Waals surface area contributed by atoms with Gasteiger partial charge in [-0.3, -0.25) is 14.5 Å². The lowest BCUT2D eigenvalue weighted by Crippen LogP contribution is -2.30. The molecule has 2 rings (SSSR count). The van der Waals surface area contributed by atoms with Crippen LogP contribution in [0.2, 0.25) is 0 Å². The average molecular weight is 334 g/mol. The van der Waals surface area contributed by atoms with Crippen LogP contribution in [0.15, 0.2) is 28.7 Å². The summed E-state index contributed by atoms with van der Waals surface area (Å²) in [4.78, 5) is 25.6. The maximum absolute atomic E-state index is 12.2. The fourth-order valence-corrected chi connectivity index (χ4v) is 2.78. The molecule has 0 aliphatic carbocycles. The Morgan fingerprint density at radius 3 is 2.17 bits per heavy atom. The number of carbonyl (C=O) groups excluding carboxylic acids is 2. The number of carbonyl (C=O) groups is 2. The number of rotatable bonds is 6. The lowest BCUT2D eigenvalue weighted by atomic mass is 10.1. The average Bonchev–Trinajstić information content (AvgIpc) is 2.74. The van der Waals surface area contributed by atoms with Crippen LogP contribution in [-0.2, 0) is 11.0 Å². The third-order valence-corrected chi connectivity index (χ3v) is 4.93. The molecule has 124 valence electrons. The number of hydrogen-bond donors (Lipinski definition) is 0. The van der Waals surface area contributed by atoms with E-state index in [9.17, 15) is 13.8 Å². The van der Waals surface area contributed by atoms with E-state index in [0.717, 1.165) is 6.42 Å². The summed E-state index contributed by atoms with van der Waals surface area (Å²) >= 11 is 0. The molecule has 0 unspecified atom stereocenters. The highest BCUT2D eigenvalue weighted by molar-refractivity contribution is 7.85. The number of fused-ring (bicyclic) bond motifs is 1. The zero-order valence-electron chi connectivity index (χ0n) is 13.7. The maximum atomic E-state index is 12.2. The lowest BCUT2D eigenvalue weighted by molar-refractivity contribution is 0.0652. The molecule has 23 heavy (non-hydrogen) atoms. The number of hydrogen-bond acceptors (Lipinski definition) is 3. The van der Waals surface area contributed by atoms with E-state index in [2.05, 4.69) is 4.40 Å². The highest BCUT2D eigenvalue weighted by Gasteiger charge is 2.34. The van der Waals surface area contributed by atoms with Crippen molar-refractivity contribution >= 4 is 29.0 Å². The molecule has 0 fully saturated rings. The molecule has 0 saturated heterocycles. The second-order valence-electron chi connectivity index (χ2n) is 6.45. The van der Waals surface area contributed by atoms with E-state index >= 15 is 0 Å². The topological polar surface area (TPSA) is 66.8 Å². The quantitative estimate of drug-likeness (QED) is 0.456. The molecule has 0 saturated carbocycles. The first-order valence-electron chi connectivity index (χ1n) is 7.72. The Hall–Kier alpha value is -1.82. The van der Waals surface area contributed by atoms with E-state index in [0.29, 0.717) is 30.5 Å². The van der Waals surface area contributed by atoms with Gasteiger partial charge < -0.3 is 0 Å². The van der Waals surface area contributed by atoms with Crippen LogP contribution >= 0.6 is 0 Å². The van der Waals surface area contributed by atoms with Gasteiger partial charge in [-0.25, -0.2) is 4.21 Å². The largest absolute Gasteiger partial charge is 0.274 e. The molecule has 0 radical (unpaired) electrons. The van der Waals surface area contributed by atoms with Crippen LogP contribution in [0, 0.1) is 0 Å². The van der Waals surface area contributed by atoms with Gasteiger partial charge in [0.1, 0.15) is 11.0 Å². The van der Waals surface area contributed by atoms with Crippen molar-refractivity contribution in [3.05, 3.63) is 35.4 Å². The molecule has 6 heteroatoms. The molecule has 1 aromatic carbocycles. The van der Waals surface area contributed by atoms with Gasteiger partial charge in [0.25, 0.3) is 11.8 Å². The Morgan fingerprint density at radius 1 is 1.09 bits per heavy atom. The third-order valence-electron chi connectivity index (χ3n) is 3.54. The van der Waals surface area contributed by atoms with Crippen molar-refractivity contribution in [3.8, 4) is 0 Å². The standard InChI is InChI=1S/C17H22N2O3S/c1-17(2,3)23(22)18-11-7-4-8-12-19-15(20)13-9-5-6-10-14(13)16(19)21/h5-6,9-11H,4,7-8,12H2,1-3H3/b18-11+/t23-/m1/s1. The molecule has 1 heterocycles. The Kier molecular flexibility index (Phi) is 5.46. The zero-order chi connectivity index (χ0) is 17.0. The number of benzene rings is 1. The maximum Gasteiger partial charge on any atom is 0.261 e. The molecular formula is C17H22N2O3S. The summed E-state index contributed by atoms with van der Waals surface area (Å²) in [5.41, 5.74) is 0.972. The molecule has 1 atom stereocenters. The van der Waals surface area contributed by atoms with Gasteiger partial charge in [-0.1, -0.05) is 12.1 Å². The Balaban J connectivity index is 1.78. The van der Waals surface area contributed by atoms with Crippen LogP contribution in [0.3, 0.4) is 0 Å². The van der Waals surface area contributed by atoms with Gasteiger partial charge in [0.15, 0.2) is 0 Å². The third kappa shape index (κ3) is 4.13. The first-order valence-corrected chi connectivity index (χ1v) is 8.83. The molecule has 5 nitrogen and oxygen atoms in total. The second-order valence-corrected chi connectivity index (χ2v) is 8.39. The SMILES string of the molecule is CC(C)(C)[S@@](=O)/N=C/CCCCN1C(=O)c2ccccc2C1=O. The molecule has 1 aliphatic rings. The van der Waals surface area contributed by atoms with Crippen molar-refractivity contribution in [3.63, 3.8) is 0 Å². The van der Waals surface area contributed by atoms with Gasteiger partial charge in [-0.2, -0.15) is 4.40 Å². The van der Waals surface area contributed by atoms with Gasteiger partial charge in [-0.05, 0) is 52.2 Å². The number of unbranched alkanes of at least 4 members (excludes halogenated alkanes) is 2. The van der Waals surface area contributed by atoms with Crippen LogP contribution in [0.5, 0.6) is 0 Å². The van der Waals surface area contributed by atoms with Crippen molar-refractivity contribution in [1.29, 1.82) is 0 Å². The normalized spacial score (nSPS) is 16.2. The molecule has 0 spiro atoms. The smallest absolute Gasteiger partial charge is 0.261 e. The molecule has 2 amide bonds. The molecule has 1 aliphatic heterocycles. The first kappa shape index (κ1) is 17.5. The first-order chi connectivity index (χ1) is 10.8. The van der Waals surface area contributed by atoms with Gasteiger partial charge in [0.2, 0.25) is 0 Å². The number of amides is 2. The summed E-state index contributed by atoms with van der Waals surface area (Å²) in [5.74, 6) is -0.429. The van der Waals surface area contributed by atoms with Crippen LogP contribution < -0.4 is 0 Å². The molecule has 0 bridgehead atoms. The summed E-state index contributed by atoms with van der Waals surface area (Å²) in [6, 6.07) is 6.90. The predicted molar refractivity (Wildman–Crippen MR) is 92.0 cm³/mol. The van der Waals surface area contributed by atoms with E-state index in [1.807, 2.05) is 20.8 Å². The van der Waals surface area contributed by atoms with E-state index in [-0.39, 0.29) is 16.6 Å². The lowest BCUT2D eigenvalue weighted by Gasteiger charge is -2.13. The zero-order valence-corrected chi connectivity index (χ0v) is 14.6. The summed E-state index contributed by atoms with van der Waals surface area (Å²) < 4.78 is 15.4. The predicted octanol–water partition coefficient (Wildman–Crippen LogP) is 2.99. The summed E-state index contributed by atoms with van der Waals surface area (Å²) in [6.07, 6.45) is 3.85. The van der Waals surface area contributed by atoms with Gasteiger partial charge in [-0.15, -0.1) is 0 Å². The van der Waals surface area contributed by atoms with Crippen molar-refractivity contribution in [2.75, 3.05) is 6.54 Å². The minimum atomic E-state index is -1.23. The Morgan fingerprint density at radius 2 is 1.65 bits per heavy atom. The summed E-state index contributed by atoms with van der Waals surface area (Å²) in [6.45, 7) is 6.04. The van der Waals surface area contributed by atoms with E-state index in [4.69, 9.17) is 0 Å². The van der Waals surface area contributed by atoms with E-state index in [1.54, 1.807) is 30.5 Å². The van der Waals surface area contributed by atoms with Crippen molar-refractivity contribution < 1.29 is 13.8 Å². The Labute approximate surface area is 139 Å². The highest BCUT2D eigenvalue weighted by atomic mass is 32.2. The van der Waals surface area contributed by atoms with Crippen LogP contribution in [0.25, 0.3) is 0 Å². The van der Waals surface area contributed by atoms with Crippen molar-refractivity contribution in [2.24, 2.45) is 4.40 Å². The molecular weight excluding hydrogens is 312 g/mol. The minimum Gasteiger partial charge on any atom is -0.274 e. The fourth-order valence-electron chi connectivity index (χ4n) is 2.23. The summed E-state index contributed by atoms with van der Waals surface area (Å²) in [7, 11) is -1.23. The van der Waals surface area contributed by atoms with Gasteiger partial charge in [0, 0.05) is 12.8 Å². The van der Waals surface area contributed by atoms with E-state index < -0.39 is 11.0 Å².